The molecule has 0 spiro atoms. The van der Waals surface area contributed by atoms with Crippen molar-refractivity contribution in [3.05, 3.63) is 28.8 Å². The predicted molar refractivity (Wildman–Crippen MR) is 103 cm³/mol. The van der Waals surface area contributed by atoms with Crippen molar-refractivity contribution in [2.45, 2.75) is 87.0 Å². The van der Waals surface area contributed by atoms with Gasteiger partial charge in [0.1, 0.15) is 5.75 Å². The molecule has 1 unspecified atom stereocenters. The number of aryl methyl sites for hydroxylation is 1. The lowest BCUT2D eigenvalue weighted by molar-refractivity contribution is -0.141. The van der Waals surface area contributed by atoms with Crippen LogP contribution in [0.5, 0.6) is 5.75 Å². The van der Waals surface area contributed by atoms with Crippen molar-refractivity contribution >= 4 is 5.97 Å². The molecule has 2 nitrogen and oxygen atoms in total. The highest BCUT2D eigenvalue weighted by Crippen LogP contribution is 2.41. The molecule has 0 radical (unpaired) electrons. The fraction of sp³-hybridized carbons (Fsp3) is 0.682. The highest BCUT2D eigenvalue weighted by molar-refractivity contribution is 5.77. The molecule has 0 bridgehead atoms. The molecule has 1 aromatic carbocycles. The molecular formula is C22H36O2. The lowest BCUT2D eigenvalue weighted by atomic mass is 9.78. The molecule has 0 saturated heterocycles. The summed E-state index contributed by atoms with van der Waals surface area (Å²) in [5.74, 6) is 0.434. The molecule has 0 heterocycles. The molecule has 1 atom stereocenters. The second-order valence-corrected chi connectivity index (χ2v) is 10.2. The molecule has 0 aliphatic heterocycles. The number of carbonyl (C=O) groups is 1. The Kier molecular flexibility index (Phi) is 5.65. The Hall–Kier alpha value is -1.31. The van der Waals surface area contributed by atoms with Crippen LogP contribution in [-0.2, 0) is 15.6 Å². The number of rotatable bonds is 2. The number of hydrogen-bond donors (Lipinski definition) is 0. The maximum Gasteiger partial charge on any atom is 0.314 e. The van der Waals surface area contributed by atoms with E-state index in [4.69, 9.17) is 4.74 Å². The Morgan fingerprint density at radius 3 is 1.54 bits per heavy atom. The molecular weight excluding hydrogens is 296 g/mol. The third-order valence-electron chi connectivity index (χ3n) is 4.70. The van der Waals surface area contributed by atoms with Gasteiger partial charge in [-0.1, -0.05) is 86.9 Å². The fourth-order valence-corrected chi connectivity index (χ4v) is 2.54. The maximum atomic E-state index is 12.8. The summed E-state index contributed by atoms with van der Waals surface area (Å²) in [5, 5.41) is 0. The van der Waals surface area contributed by atoms with Gasteiger partial charge in [-0.25, -0.2) is 0 Å². The molecule has 1 rings (SSSR count). The number of hydrogen-bond acceptors (Lipinski definition) is 2. The predicted octanol–water partition coefficient (Wildman–Crippen LogP) is 6.18. The summed E-state index contributed by atoms with van der Waals surface area (Å²) in [6.07, 6.45) is 0. The van der Waals surface area contributed by atoms with Gasteiger partial charge in [0.25, 0.3) is 0 Å². The fourth-order valence-electron chi connectivity index (χ4n) is 2.54. The van der Waals surface area contributed by atoms with Crippen LogP contribution in [-0.4, -0.2) is 5.97 Å². The van der Waals surface area contributed by atoms with E-state index in [2.05, 4.69) is 81.4 Å². The number of benzene rings is 1. The first-order valence-corrected chi connectivity index (χ1v) is 8.92. The van der Waals surface area contributed by atoms with E-state index in [0.717, 1.165) is 16.9 Å². The number of ether oxygens (including phenoxy) is 1. The first-order valence-electron chi connectivity index (χ1n) is 8.92. The third-order valence-corrected chi connectivity index (χ3v) is 4.70. The van der Waals surface area contributed by atoms with Crippen molar-refractivity contribution < 1.29 is 9.53 Å². The van der Waals surface area contributed by atoms with E-state index in [0.29, 0.717) is 0 Å². The Labute approximate surface area is 149 Å². The van der Waals surface area contributed by atoms with E-state index in [1.807, 2.05) is 6.92 Å². The minimum atomic E-state index is -0.167. The summed E-state index contributed by atoms with van der Waals surface area (Å²) in [5.41, 5.74) is 3.10. The van der Waals surface area contributed by atoms with Crippen LogP contribution in [0.2, 0.25) is 0 Å². The molecule has 0 aromatic heterocycles. The second-order valence-electron chi connectivity index (χ2n) is 10.2. The smallest absolute Gasteiger partial charge is 0.314 e. The van der Waals surface area contributed by atoms with Crippen molar-refractivity contribution in [1.29, 1.82) is 0 Å². The zero-order chi connectivity index (χ0) is 19.1. The normalized spacial score (nSPS) is 14.5. The largest absolute Gasteiger partial charge is 0.426 e. The van der Waals surface area contributed by atoms with Crippen LogP contribution in [0.15, 0.2) is 12.1 Å². The third kappa shape index (κ3) is 4.84. The van der Waals surface area contributed by atoms with Crippen LogP contribution >= 0.6 is 0 Å². The summed E-state index contributed by atoms with van der Waals surface area (Å²) in [6.45, 7) is 23.3. The summed E-state index contributed by atoms with van der Waals surface area (Å²) in [7, 11) is 0. The van der Waals surface area contributed by atoms with E-state index in [-0.39, 0.29) is 28.1 Å². The van der Waals surface area contributed by atoms with Crippen LogP contribution < -0.4 is 4.74 Å². The molecule has 0 aliphatic carbocycles. The van der Waals surface area contributed by atoms with E-state index >= 15 is 0 Å². The van der Waals surface area contributed by atoms with Crippen LogP contribution in [0.3, 0.4) is 0 Å². The van der Waals surface area contributed by atoms with Crippen molar-refractivity contribution in [3.8, 4) is 5.75 Å². The quantitative estimate of drug-likeness (QED) is 0.477. The summed E-state index contributed by atoms with van der Waals surface area (Å²) in [4.78, 5) is 12.8. The van der Waals surface area contributed by atoms with Gasteiger partial charge in [-0.15, -0.1) is 0 Å². The molecule has 0 fully saturated rings. The Morgan fingerprint density at radius 1 is 0.875 bits per heavy atom. The zero-order valence-electron chi connectivity index (χ0n) is 17.5. The summed E-state index contributed by atoms with van der Waals surface area (Å²) < 4.78 is 6.03. The van der Waals surface area contributed by atoms with E-state index in [1.165, 1.54) is 5.56 Å². The minimum absolute atomic E-state index is 0.0907. The SMILES string of the molecule is Cc1cc(C(C)(C)C)c(OC(=O)C(C)C(C)(C)C)c(C(C)(C)C)c1. The first kappa shape index (κ1) is 20.7. The lowest BCUT2D eigenvalue weighted by Crippen LogP contribution is -2.31. The number of esters is 1. The van der Waals surface area contributed by atoms with Gasteiger partial charge >= 0.3 is 5.97 Å². The van der Waals surface area contributed by atoms with Gasteiger partial charge in [0.2, 0.25) is 0 Å². The zero-order valence-corrected chi connectivity index (χ0v) is 17.5. The van der Waals surface area contributed by atoms with Gasteiger partial charge in [-0.05, 0) is 23.2 Å². The maximum absolute atomic E-state index is 12.8. The van der Waals surface area contributed by atoms with E-state index in [1.54, 1.807) is 0 Å². The Morgan fingerprint density at radius 2 is 1.25 bits per heavy atom. The molecule has 0 aliphatic rings. The minimum Gasteiger partial charge on any atom is -0.426 e. The molecule has 2 heteroatoms. The summed E-state index contributed by atoms with van der Waals surface area (Å²) >= 11 is 0. The number of carbonyl (C=O) groups excluding carboxylic acids is 1. The van der Waals surface area contributed by atoms with E-state index < -0.39 is 0 Å². The van der Waals surface area contributed by atoms with Crippen LogP contribution in [0.1, 0.15) is 85.9 Å². The monoisotopic (exact) mass is 332 g/mol. The average molecular weight is 333 g/mol. The van der Waals surface area contributed by atoms with Crippen molar-refractivity contribution in [1.82, 2.24) is 0 Å². The van der Waals surface area contributed by atoms with Gasteiger partial charge in [-0.2, -0.15) is 0 Å². The molecule has 0 saturated carbocycles. The standard InChI is InChI=1S/C22H36O2/c1-14-12-16(21(6,7)8)18(17(13-14)22(9,10)11)24-19(23)15(2)20(3,4)5/h12-13,15H,1-11H3. The Balaban J connectivity index is 3.52. The topological polar surface area (TPSA) is 26.3 Å². The van der Waals surface area contributed by atoms with Gasteiger partial charge in [-0.3, -0.25) is 4.79 Å². The second kappa shape index (κ2) is 6.54. The average Bonchev–Trinajstić information content (AvgIpc) is 2.35. The van der Waals surface area contributed by atoms with Crippen LogP contribution in [0, 0.1) is 18.3 Å². The van der Waals surface area contributed by atoms with Gasteiger partial charge in [0, 0.05) is 11.1 Å². The highest BCUT2D eigenvalue weighted by Gasteiger charge is 2.33. The first-order chi connectivity index (χ1) is 10.5. The summed E-state index contributed by atoms with van der Waals surface area (Å²) in [6, 6.07) is 4.30. The molecule has 24 heavy (non-hydrogen) atoms. The van der Waals surface area contributed by atoms with Crippen molar-refractivity contribution in [2.75, 3.05) is 0 Å². The highest BCUT2D eigenvalue weighted by atomic mass is 16.5. The van der Waals surface area contributed by atoms with Crippen LogP contribution in [0.25, 0.3) is 0 Å². The van der Waals surface area contributed by atoms with Crippen molar-refractivity contribution in [2.24, 2.45) is 11.3 Å². The Bertz CT molecular complexity index is 569. The van der Waals surface area contributed by atoms with Gasteiger partial charge < -0.3 is 4.74 Å². The van der Waals surface area contributed by atoms with Gasteiger partial charge in [0.05, 0.1) is 5.92 Å². The van der Waals surface area contributed by atoms with Crippen molar-refractivity contribution in [3.63, 3.8) is 0 Å². The van der Waals surface area contributed by atoms with Crippen LogP contribution in [0.4, 0.5) is 0 Å². The van der Waals surface area contributed by atoms with E-state index in [9.17, 15) is 4.79 Å². The molecule has 136 valence electrons. The van der Waals surface area contributed by atoms with Gasteiger partial charge in [0.15, 0.2) is 0 Å². The molecule has 0 amide bonds. The molecule has 0 N–H and O–H groups in total. The molecule has 1 aromatic rings. The lowest BCUT2D eigenvalue weighted by Gasteiger charge is -2.31.